The monoisotopic (exact) mass is 392 g/mol. The third kappa shape index (κ3) is 5.10. The number of carbonyl (C=O) groups is 3. The average molecular weight is 392 g/mol. The zero-order valence-electron chi connectivity index (χ0n) is 16.0. The summed E-state index contributed by atoms with van der Waals surface area (Å²) in [6.45, 7) is 3.24. The molecule has 0 saturated carbocycles. The summed E-state index contributed by atoms with van der Waals surface area (Å²) in [5, 5.41) is 5.39. The van der Waals surface area contributed by atoms with E-state index in [0.717, 1.165) is 11.1 Å². The topological polar surface area (TPSA) is 97.6 Å². The first-order valence-corrected chi connectivity index (χ1v) is 8.92. The smallest absolute Gasteiger partial charge is 0.338 e. The number of nitrogens with one attached hydrogen (secondary N) is 2. The number of anilines is 2. The minimum atomic E-state index is -0.668. The Balaban J connectivity index is 1.61. The summed E-state index contributed by atoms with van der Waals surface area (Å²) in [4.78, 5) is 36.5. The highest BCUT2D eigenvalue weighted by Crippen LogP contribution is 2.19. The van der Waals surface area contributed by atoms with E-state index in [1.165, 1.54) is 18.4 Å². The highest BCUT2D eigenvalue weighted by atomic mass is 16.5. The maximum atomic E-state index is 12.3. The van der Waals surface area contributed by atoms with Crippen LogP contribution in [0.1, 0.15) is 32.0 Å². The molecule has 0 aliphatic carbocycles. The number of benzene rings is 2. The quantitative estimate of drug-likeness (QED) is 0.619. The minimum absolute atomic E-state index is 0.158. The lowest BCUT2D eigenvalue weighted by Crippen LogP contribution is -2.21. The molecule has 0 aliphatic rings. The van der Waals surface area contributed by atoms with Crippen LogP contribution in [0, 0.1) is 13.8 Å². The van der Waals surface area contributed by atoms with Gasteiger partial charge in [-0.15, -0.1) is 0 Å². The molecule has 3 aromatic rings. The fourth-order valence-electron chi connectivity index (χ4n) is 2.59. The zero-order valence-corrected chi connectivity index (χ0v) is 16.0. The van der Waals surface area contributed by atoms with Gasteiger partial charge in [-0.2, -0.15) is 0 Å². The number of rotatable bonds is 6. The Bertz CT molecular complexity index is 1040. The predicted octanol–water partition coefficient (Wildman–Crippen LogP) is 3.94. The molecular formula is C22H20N2O5. The Morgan fingerprint density at radius 1 is 0.897 bits per heavy atom. The van der Waals surface area contributed by atoms with E-state index < -0.39 is 24.4 Å². The Labute approximate surface area is 167 Å². The van der Waals surface area contributed by atoms with E-state index in [4.69, 9.17) is 9.15 Å². The van der Waals surface area contributed by atoms with Gasteiger partial charge in [-0.3, -0.25) is 9.59 Å². The van der Waals surface area contributed by atoms with Crippen molar-refractivity contribution in [2.45, 2.75) is 13.8 Å². The van der Waals surface area contributed by atoms with Crippen LogP contribution in [-0.2, 0) is 9.53 Å². The summed E-state index contributed by atoms with van der Waals surface area (Å²) in [6.07, 6.45) is 1.40. The van der Waals surface area contributed by atoms with Crippen molar-refractivity contribution in [2.24, 2.45) is 0 Å². The maximum Gasteiger partial charge on any atom is 0.338 e. The Morgan fingerprint density at radius 2 is 1.66 bits per heavy atom. The number of esters is 1. The molecule has 29 heavy (non-hydrogen) atoms. The zero-order chi connectivity index (χ0) is 20.8. The molecular weight excluding hydrogens is 372 g/mol. The first-order valence-electron chi connectivity index (χ1n) is 8.92. The van der Waals surface area contributed by atoms with Crippen molar-refractivity contribution >= 4 is 29.2 Å². The summed E-state index contributed by atoms with van der Waals surface area (Å²) >= 11 is 0. The van der Waals surface area contributed by atoms with Crippen LogP contribution in [0.4, 0.5) is 11.4 Å². The van der Waals surface area contributed by atoms with Gasteiger partial charge in [0.15, 0.2) is 12.4 Å². The van der Waals surface area contributed by atoms with Gasteiger partial charge in [0.25, 0.3) is 11.8 Å². The molecule has 7 nitrogen and oxygen atoms in total. The summed E-state index contributed by atoms with van der Waals surface area (Å²) in [5.74, 6) is -1.38. The molecule has 0 bridgehead atoms. The fourth-order valence-corrected chi connectivity index (χ4v) is 2.59. The van der Waals surface area contributed by atoms with Crippen molar-refractivity contribution < 1.29 is 23.5 Å². The molecule has 1 aromatic heterocycles. The van der Waals surface area contributed by atoms with Crippen LogP contribution in [0.3, 0.4) is 0 Å². The third-order valence-corrected chi connectivity index (χ3v) is 4.22. The van der Waals surface area contributed by atoms with E-state index in [1.807, 2.05) is 19.1 Å². The van der Waals surface area contributed by atoms with Gasteiger partial charge in [-0.1, -0.05) is 24.3 Å². The molecule has 0 unspecified atom stereocenters. The van der Waals surface area contributed by atoms with E-state index in [2.05, 4.69) is 10.6 Å². The van der Waals surface area contributed by atoms with Gasteiger partial charge in [0.2, 0.25) is 0 Å². The summed E-state index contributed by atoms with van der Waals surface area (Å²) in [7, 11) is 0. The lowest BCUT2D eigenvalue weighted by Gasteiger charge is -2.11. The Kier molecular flexibility index (Phi) is 6.09. The van der Waals surface area contributed by atoms with Gasteiger partial charge < -0.3 is 19.8 Å². The molecule has 0 fully saturated rings. The fraction of sp³-hybridized carbons (Fsp3) is 0.136. The maximum absolute atomic E-state index is 12.3. The molecule has 7 heteroatoms. The standard InChI is InChI=1S/C22H20N2O5/c1-14-6-3-4-7-17(14)23-20(25)13-29-22(27)16-10-9-15(2)18(12-16)24-21(26)19-8-5-11-28-19/h3-12H,13H2,1-2H3,(H,23,25)(H,24,26). The largest absolute Gasteiger partial charge is 0.459 e. The molecule has 1 heterocycles. The molecule has 0 spiro atoms. The summed E-state index contributed by atoms with van der Waals surface area (Å²) in [5.41, 5.74) is 2.99. The number of ether oxygens (including phenoxy) is 1. The number of amides is 2. The van der Waals surface area contributed by atoms with Gasteiger partial charge in [0.1, 0.15) is 0 Å². The highest BCUT2D eigenvalue weighted by Gasteiger charge is 2.15. The molecule has 0 atom stereocenters. The van der Waals surface area contributed by atoms with Crippen LogP contribution in [0.25, 0.3) is 0 Å². The molecule has 0 aliphatic heterocycles. The number of hydrogen-bond acceptors (Lipinski definition) is 5. The van der Waals surface area contributed by atoms with Crippen LogP contribution < -0.4 is 10.6 Å². The minimum Gasteiger partial charge on any atom is -0.459 e. The second kappa shape index (κ2) is 8.88. The van der Waals surface area contributed by atoms with E-state index in [-0.39, 0.29) is 11.3 Å². The van der Waals surface area contributed by atoms with Gasteiger partial charge in [-0.05, 0) is 55.3 Å². The normalized spacial score (nSPS) is 10.3. The molecule has 0 saturated heterocycles. The van der Waals surface area contributed by atoms with Crippen molar-refractivity contribution in [1.29, 1.82) is 0 Å². The van der Waals surface area contributed by atoms with Crippen molar-refractivity contribution in [2.75, 3.05) is 17.2 Å². The summed E-state index contributed by atoms with van der Waals surface area (Å²) in [6, 6.07) is 15.2. The van der Waals surface area contributed by atoms with Gasteiger partial charge >= 0.3 is 5.97 Å². The molecule has 2 aromatic carbocycles. The second-order valence-electron chi connectivity index (χ2n) is 6.40. The number of hydrogen-bond donors (Lipinski definition) is 2. The first-order chi connectivity index (χ1) is 13.9. The Morgan fingerprint density at radius 3 is 2.38 bits per heavy atom. The summed E-state index contributed by atoms with van der Waals surface area (Å²) < 4.78 is 10.2. The van der Waals surface area contributed by atoms with Gasteiger partial charge in [-0.25, -0.2) is 4.79 Å². The number of para-hydroxylation sites is 1. The van der Waals surface area contributed by atoms with Crippen LogP contribution in [-0.4, -0.2) is 24.4 Å². The average Bonchev–Trinajstić information content (AvgIpc) is 3.24. The van der Waals surface area contributed by atoms with Crippen molar-refractivity contribution in [3.63, 3.8) is 0 Å². The SMILES string of the molecule is Cc1ccccc1NC(=O)COC(=O)c1ccc(C)c(NC(=O)c2ccco2)c1. The Hall–Kier alpha value is -3.87. The van der Waals surface area contributed by atoms with E-state index in [0.29, 0.717) is 11.4 Å². The predicted molar refractivity (Wildman–Crippen MR) is 108 cm³/mol. The van der Waals surface area contributed by atoms with E-state index >= 15 is 0 Å². The van der Waals surface area contributed by atoms with Crippen molar-refractivity contribution in [3.8, 4) is 0 Å². The third-order valence-electron chi connectivity index (χ3n) is 4.22. The molecule has 148 valence electrons. The van der Waals surface area contributed by atoms with Crippen LogP contribution in [0.2, 0.25) is 0 Å². The number of aryl methyl sites for hydroxylation is 2. The number of furan rings is 1. The van der Waals surface area contributed by atoms with Crippen LogP contribution in [0.15, 0.2) is 65.3 Å². The lowest BCUT2D eigenvalue weighted by molar-refractivity contribution is -0.119. The molecule has 2 amide bonds. The number of carbonyl (C=O) groups excluding carboxylic acids is 3. The lowest BCUT2D eigenvalue weighted by atomic mass is 10.1. The van der Waals surface area contributed by atoms with E-state index in [9.17, 15) is 14.4 Å². The van der Waals surface area contributed by atoms with Crippen molar-refractivity contribution in [1.82, 2.24) is 0 Å². The van der Waals surface area contributed by atoms with Crippen LogP contribution in [0.5, 0.6) is 0 Å². The van der Waals surface area contributed by atoms with Gasteiger partial charge in [0.05, 0.1) is 11.8 Å². The molecule has 2 N–H and O–H groups in total. The van der Waals surface area contributed by atoms with Crippen LogP contribution >= 0.6 is 0 Å². The highest BCUT2D eigenvalue weighted by molar-refractivity contribution is 6.03. The van der Waals surface area contributed by atoms with Gasteiger partial charge in [0, 0.05) is 11.4 Å². The van der Waals surface area contributed by atoms with Crippen molar-refractivity contribution in [3.05, 3.63) is 83.3 Å². The van der Waals surface area contributed by atoms with E-state index in [1.54, 1.807) is 37.3 Å². The first kappa shape index (κ1) is 19.9. The molecule has 0 radical (unpaired) electrons. The molecule has 3 rings (SSSR count). The second-order valence-corrected chi connectivity index (χ2v) is 6.40.